The first kappa shape index (κ1) is 21.0. The van der Waals surface area contributed by atoms with Gasteiger partial charge in [-0.2, -0.15) is 0 Å². The normalized spacial score (nSPS) is 14.7. The van der Waals surface area contributed by atoms with Gasteiger partial charge in [-0.1, -0.05) is 17.5 Å². The molecule has 3 amide bonds. The number of carbonyl (C=O) groups is 2. The molecule has 1 N–H and O–H groups in total. The van der Waals surface area contributed by atoms with Gasteiger partial charge < -0.3 is 14.8 Å². The van der Waals surface area contributed by atoms with Crippen LogP contribution < -0.4 is 19.7 Å². The fourth-order valence-electron chi connectivity index (χ4n) is 2.71. The second kappa shape index (κ2) is 9.20. The summed E-state index contributed by atoms with van der Waals surface area (Å²) < 4.78 is 12.0. The highest BCUT2D eigenvalue weighted by molar-refractivity contribution is 14.1. The predicted octanol–water partition coefficient (Wildman–Crippen LogP) is 4.45. The summed E-state index contributed by atoms with van der Waals surface area (Å²) in [6.07, 6.45) is 6.86. The zero-order chi connectivity index (χ0) is 21.0. The number of amides is 3. The highest BCUT2D eigenvalue weighted by Gasteiger charge is 2.34. The summed E-state index contributed by atoms with van der Waals surface area (Å²) in [6.45, 7) is 2.40. The molecule has 0 aliphatic carbocycles. The molecular formula is C21H16ClIN2O4. The molecule has 29 heavy (non-hydrogen) atoms. The largest absolute Gasteiger partial charge is 0.490 e. The Hall–Kier alpha value is -2.70. The van der Waals surface area contributed by atoms with Crippen molar-refractivity contribution >= 4 is 57.9 Å². The molecule has 1 heterocycles. The van der Waals surface area contributed by atoms with Crippen molar-refractivity contribution < 1.29 is 19.1 Å². The number of imide groups is 1. The number of benzene rings is 2. The van der Waals surface area contributed by atoms with Crippen molar-refractivity contribution in [1.29, 1.82) is 0 Å². The van der Waals surface area contributed by atoms with E-state index in [1.807, 2.05) is 13.0 Å². The van der Waals surface area contributed by atoms with Crippen LogP contribution in [0.25, 0.3) is 6.08 Å². The Morgan fingerprint density at radius 1 is 1.24 bits per heavy atom. The minimum Gasteiger partial charge on any atom is -0.490 e. The number of terminal acetylenes is 1. The van der Waals surface area contributed by atoms with Crippen LogP contribution in [-0.2, 0) is 4.79 Å². The van der Waals surface area contributed by atoms with Crippen LogP contribution in [0, 0.1) is 15.9 Å². The number of hydrogen-bond donors (Lipinski definition) is 1. The molecule has 0 aromatic heterocycles. The molecule has 1 aliphatic rings. The van der Waals surface area contributed by atoms with E-state index in [1.54, 1.807) is 36.4 Å². The summed E-state index contributed by atoms with van der Waals surface area (Å²) in [7, 11) is 0. The monoisotopic (exact) mass is 522 g/mol. The average Bonchev–Trinajstić information content (AvgIpc) is 2.95. The van der Waals surface area contributed by atoms with Gasteiger partial charge in [0.25, 0.3) is 5.91 Å². The topological polar surface area (TPSA) is 67.9 Å². The lowest BCUT2D eigenvalue weighted by Crippen LogP contribution is -2.30. The van der Waals surface area contributed by atoms with Crippen molar-refractivity contribution in [3.63, 3.8) is 0 Å². The zero-order valence-electron chi connectivity index (χ0n) is 15.4. The second-order valence-electron chi connectivity index (χ2n) is 5.86. The molecule has 0 unspecified atom stereocenters. The number of halogens is 2. The van der Waals surface area contributed by atoms with Crippen LogP contribution in [0.4, 0.5) is 10.5 Å². The van der Waals surface area contributed by atoms with E-state index in [9.17, 15) is 9.59 Å². The van der Waals surface area contributed by atoms with Crippen LogP contribution in [-0.4, -0.2) is 25.2 Å². The SMILES string of the molecule is C#CCOc1c(I)cc(/C=C2/NC(=O)N(c3ccc(Cl)cc3)C2=O)cc1OCC. The van der Waals surface area contributed by atoms with Gasteiger partial charge in [0.1, 0.15) is 12.3 Å². The van der Waals surface area contributed by atoms with Crippen molar-refractivity contribution in [1.82, 2.24) is 5.32 Å². The van der Waals surface area contributed by atoms with Crippen LogP contribution in [0.2, 0.25) is 5.02 Å². The van der Waals surface area contributed by atoms with Crippen LogP contribution in [0.5, 0.6) is 11.5 Å². The van der Waals surface area contributed by atoms with Crippen LogP contribution >= 0.6 is 34.2 Å². The number of ether oxygens (including phenoxy) is 2. The Morgan fingerprint density at radius 2 is 1.97 bits per heavy atom. The molecule has 8 heteroatoms. The quantitative estimate of drug-likeness (QED) is 0.263. The average molecular weight is 523 g/mol. The Morgan fingerprint density at radius 3 is 2.62 bits per heavy atom. The summed E-state index contributed by atoms with van der Waals surface area (Å²) in [4.78, 5) is 26.2. The first-order valence-corrected chi connectivity index (χ1v) is 10.1. The summed E-state index contributed by atoms with van der Waals surface area (Å²) in [6, 6.07) is 9.46. The fraction of sp³-hybridized carbons (Fsp3) is 0.143. The zero-order valence-corrected chi connectivity index (χ0v) is 18.3. The Kier molecular flexibility index (Phi) is 6.67. The van der Waals surface area contributed by atoms with E-state index < -0.39 is 11.9 Å². The third-order valence-corrected chi connectivity index (χ3v) is 4.96. The van der Waals surface area contributed by atoms with E-state index in [1.165, 1.54) is 0 Å². The van der Waals surface area contributed by atoms with Crippen molar-refractivity contribution in [2.24, 2.45) is 0 Å². The first-order chi connectivity index (χ1) is 13.9. The molecule has 6 nitrogen and oxygen atoms in total. The van der Waals surface area contributed by atoms with E-state index in [4.69, 9.17) is 27.5 Å². The predicted molar refractivity (Wildman–Crippen MR) is 120 cm³/mol. The van der Waals surface area contributed by atoms with E-state index in [0.29, 0.717) is 34.4 Å². The Bertz CT molecular complexity index is 1030. The molecule has 1 fully saturated rings. The molecule has 3 rings (SSSR count). The highest BCUT2D eigenvalue weighted by Crippen LogP contribution is 2.35. The summed E-state index contributed by atoms with van der Waals surface area (Å²) in [5.41, 5.74) is 1.26. The van der Waals surface area contributed by atoms with Gasteiger partial charge in [-0.05, 0) is 77.6 Å². The number of hydrogen-bond acceptors (Lipinski definition) is 4. The molecule has 2 aromatic carbocycles. The molecular weight excluding hydrogens is 507 g/mol. The standard InChI is InChI=1S/C21H16ClIN2O4/c1-3-9-29-19-16(23)10-13(12-18(19)28-4-2)11-17-20(26)25(21(27)24-17)15-7-5-14(22)6-8-15/h1,5-8,10-12H,4,9H2,2H3,(H,24,27)/b17-11+. The Labute approximate surface area is 187 Å². The van der Waals surface area contributed by atoms with Gasteiger partial charge in [-0.3, -0.25) is 4.79 Å². The Balaban J connectivity index is 1.93. The van der Waals surface area contributed by atoms with Crippen molar-refractivity contribution in [2.45, 2.75) is 6.92 Å². The minimum atomic E-state index is -0.530. The summed E-state index contributed by atoms with van der Waals surface area (Å²) in [5, 5.41) is 3.12. The number of urea groups is 1. The lowest BCUT2D eigenvalue weighted by molar-refractivity contribution is -0.113. The van der Waals surface area contributed by atoms with Crippen molar-refractivity contribution in [3.8, 4) is 23.8 Å². The second-order valence-corrected chi connectivity index (χ2v) is 7.46. The summed E-state index contributed by atoms with van der Waals surface area (Å²) >= 11 is 7.98. The number of carbonyl (C=O) groups excluding carboxylic acids is 2. The molecule has 0 spiro atoms. The maximum Gasteiger partial charge on any atom is 0.333 e. The fourth-order valence-corrected chi connectivity index (χ4v) is 3.62. The van der Waals surface area contributed by atoms with Crippen LogP contribution in [0.15, 0.2) is 42.1 Å². The number of nitrogens with one attached hydrogen (secondary N) is 1. The van der Waals surface area contributed by atoms with E-state index in [2.05, 4.69) is 33.8 Å². The van der Waals surface area contributed by atoms with E-state index in [-0.39, 0.29) is 12.3 Å². The third kappa shape index (κ3) is 4.66. The molecule has 2 aromatic rings. The molecule has 0 bridgehead atoms. The van der Waals surface area contributed by atoms with Crippen molar-refractivity contribution in [3.05, 3.63) is 56.3 Å². The molecule has 1 aliphatic heterocycles. The van der Waals surface area contributed by atoms with E-state index in [0.717, 1.165) is 8.47 Å². The third-order valence-electron chi connectivity index (χ3n) is 3.91. The van der Waals surface area contributed by atoms with Gasteiger partial charge in [0.05, 0.1) is 15.9 Å². The van der Waals surface area contributed by atoms with Crippen LogP contribution in [0.1, 0.15) is 12.5 Å². The molecule has 148 valence electrons. The number of nitrogens with zero attached hydrogens (tertiary/aromatic N) is 1. The maximum absolute atomic E-state index is 12.8. The van der Waals surface area contributed by atoms with Crippen molar-refractivity contribution in [2.75, 3.05) is 18.1 Å². The molecule has 0 radical (unpaired) electrons. The molecule has 1 saturated heterocycles. The van der Waals surface area contributed by atoms with Crippen LogP contribution in [0.3, 0.4) is 0 Å². The summed E-state index contributed by atoms with van der Waals surface area (Å²) in [5.74, 6) is 3.01. The van der Waals surface area contributed by atoms with Gasteiger partial charge in [0, 0.05) is 5.02 Å². The molecule has 0 saturated carbocycles. The van der Waals surface area contributed by atoms with E-state index >= 15 is 0 Å². The van der Waals surface area contributed by atoms with Gasteiger partial charge >= 0.3 is 6.03 Å². The number of rotatable bonds is 6. The highest BCUT2D eigenvalue weighted by atomic mass is 127. The maximum atomic E-state index is 12.8. The van der Waals surface area contributed by atoms with Gasteiger partial charge in [0.2, 0.25) is 0 Å². The lowest BCUT2D eigenvalue weighted by atomic mass is 10.1. The first-order valence-electron chi connectivity index (χ1n) is 8.60. The number of anilines is 1. The van der Waals surface area contributed by atoms with Gasteiger partial charge in [-0.25, -0.2) is 9.69 Å². The smallest absolute Gasteiger partial charge is 0.333 e. The molecule has 0 atom stereocenters. The lowest BCUT2D eigenvalue weighted by Gasteiger charge is -2.13. The minimum absolute atomic E-state index is 0.112. The van der Waals surface area contributed by atoms with Gasteiger partial charge in [0.15, 0.2) is 11.5 Å². The van der Waals surface area contributed by atoms with Gasteiger partial charge in [-0.15, -0.1) is 6.42 Å².